The highest BCUT2D eigenvalue weighted by Gasteiger charge is 2.74. The SMILES string of the molecule is COc1ccc(-c2cccc(C3CC(C(O)(C(F)(F)F)C(F)(F)F)=NN3c3ccccc3Cl)c2)cc1. The molecule has 0 bridgehead atoms. The summed E-state index contributed by atoms with van der Waals surface area (Å²) in [5, 5.41) is 14.7. The predicted octanol–water partition coefficient (Wildman–Crippen LogP) is 7.18. The molecule has 1 unspecified atom stereocenters. The van der Waals surface area contributed by atoms with E-state index in [1.807, 2.05) is 0 Å². The van der Waals surface area contributed by atoms with Crippen molar-refractivity contribution in [1.82, 2.24) is 0 Å². The van der Waals surface area contributed by atoms with Gasteiger partial charge in [0.2, 0.25) is 0 Å². The van der Waals surface area contributed by atoms with Gasteiger partial charge in [-0.05, 0) is 47.0 Å². The van der Waals surface area contributed by atoms with Crippen molar-refractivity contribution in [3.05, 3.63) is 83.4 Å². The third kappa shape index (κ3) is 4.51. The molecule has 1 N–H and O–H groups in total. The fraction of sp³-hybridized carbons (Fsp3) is 0.240. The van der Waals surface area contributed by atoms with Crippen LogP contribution < -0.4 is 9.75 Å². The van der Waals surface area contributed by atoms with Gasteiger partial charge in [-0.3, -0.25) is 5.01 Å². The number of para-hydroxylation sites is 1. The molecule has 0 radical (unpaired) electrons. The van der Waals surface area contributed by atoms with Crippen LogP contribution in [0.2, 0.25) is 5.02 Å². The molecule has 1 atom stereocenters. The highest BCUT2D eigenvalue weighted by molar-refractivity contribution is 6.33. The molecule has 3 aromatic carbocycles. The summed E-state index contributed by atoms with van der Waals surface area (Å²) < 4.78 is 86.9. The standard InChI is InChI=1S/C25H19ClF6N2O2/c1-36-18-11-9-15(10-12-18)16-5-4-6-17(13-16)21-14-22(23(35,24(27,28)29)25(30,31)32)33-34(21)20-8-3-2-7-19(20)26/h2-13,21,35H,14H2,1H3. The second-order valence-corrected chi connectivity index (χ2v) is 8.53. The summed E-state index contributed by atoms with van der Waals surface area (Å²) in [7, 11) is 1.51. The first kappa shape index (κ1) is 25.8. The van der Waals surface area contributed by atoms with Crippen molar-refractivity contribution in [2.24, 2.45) is 5.10 Å². The van der Waals surface area contributed by atoms with Gasteiger partial charge in [0.15, 0.2) is 0 Å². The van der Waals surface area contributed by atoms with E-state index in [4.69, 9.17) is 16.3 Å². The first-order chi connectivity index (χ1) is 16.9. The number of hydrogen-bond acceptors (Lipinski definition) is 4. The number of methoxy groups -OCH3 is 1. The van der Waals surface area contributed by atoms with Gasteiger partial charge in [-0.2, -0.15) is 31.4 Å². The molecular formula is C25H19ClF6N2O2. The summed E-state index contributed by atoms with van der Waals surface area (Å²) in [5.74, 6) is 0.618. The molecule has 3 aromatic rings. The third-order valence-electron chi connectivity index (χ3n) is 5.94. The Balaban J connectivity index is 1.82. The second kappa shape index (κ2) is 9.33. The van der Waals surface area contributed by atoms with Crippen molar-refractivity contribution >= 4 is 23.0 Å². The van der Waals surface area contributed by atoms with E-state index < -0.39 is 36.1 Å². The van der Waals surface area contributed by atoms with Crippen molar-refractivity contribution in [1.29, 1.82) is 0 Å². The molecule has 4 nitrogen and oxygen atoms in total. The molecule has 11 heteroatoms. The average molecular weight is 529 g/mol. The Morgan fingerprint density at radius 1 is 0.889 bits per heavy atom. The fourth-order valence-corrected chi connectivity index (χ4v) is 4.27. The number of rotatable bonds is 5. The molecule has 0 aromatic heterocycles. The third-order valence-corrected chi connectivity index (χ3v) is 6.26. The number of alkyl halides is 6. The molecule has 0 spiro atoms. The Bertz CT molecular complexity index is 1260. The molecule has 1 heterocycles. The largest absolute Gasteiger partial charge is 0.497 e. The number of aliphatic hydroxyl groups is 1. The molecule has 1 aliphatic rings. The molecule has 190 valence electrons. The number of nitrogens with zero attached hydrogens (tertiary/aromatic N) is 2. The van der Waals surface area contributed by atoms with Crippen molar-refractivity contribution in [2.75, 3.05) is 12.1 Å². The van der Waals surface area contributed by atoms with E-state index in [9.17, 15) is 31.4 Å². The summed E-state index contributed by atoms with van der Waals surface area (Å²) in [5.41, 5.74) is -4.69. The first-order valence-electron chi connectivity index (χ1n) is 10.6. The lowest BCUT2D eigenvalue weighted by atomic mass is 9.89. The smallest absolute Gasteiger partial charge is 0.431 e. The van der Waals surface area contributed by atoms with Crippen LogP contribution in [0.25, 0.3) is 11.1 Å². The van der Waals surface area contributed by atoms with Crippen LogP contribution in [0.4, 0.5) is 32.0 Å². The van der Waals surface area contributed by atoms with Crippen LogP contribution in [0.5, 0.6) is 5.75 Å². The summed E-state index contributed by atoms with van der Waals surface area (Å²) in [4.78, 5) is 0. The predicted molar refractivity (Wildman–Crippen MR) is 124 cm³/mol. The number of ether oxygens (including phenoxy) is 1. The molecule has 0 saturated heterocycles. The van der Waals surface area contributed by atoms with Gasteiger partial charge in [-0.15, -0.1) is 0 Å². The van der Waals surface area contributed by atoms with Crippen molar-refractivity contribution in [2.45, 2.75) is 30.4 Å². The number of hydrogen-bond donors (Lipinski definition) is 1. The zero-order valence-corrected chi connectivity index (χ0v) is 19.4. The minimum absolute atomic E-state index is 0.0707. The normalized spacial score (nSPS) is 16.8. The molecular weight excluding hydrogens is 510 g/mol. The minimum Gasteiger partial charge on any atom is -0.497 e. The molecule has 0 saturated carbocycles. The van der Waals surface area contributed by atoms with E-state index in [1.165, 1.54) is 25.3 Å². The second-order valence-electron chi connectivity index (χ2n) is 8.12. The van der Waals surface area contributed by atoms with E-state index in [-0.39, 0.29) is 10.7 Å². The molecule has 1 aliphatic heterocycles. The molecule has 0 fully saturated rings. The highest BCUT2D eigenvalue weighted by atomic mass is 35.5. The zero-order valence-electron chi connectivity index (χ0n) is 18.6. The van der Waals surface area contributed by atoms with Gasteiger partial charge in [0, 0.05) is 6.42 Å². The quantitative estimate of drug-likeness (QED) is 0.357. The number of halogens is 7. The Morgan fingerprint density at radius 3 is 2.11 bits per heavy atom. The maximum Gasteiger partial charge on any atom is 0.431 e. The highest BCUT2D eigenvalue weighted by Crippen LogP contribution is 2.49. The molecule has 0 amide bonds. The summed E-state index contributed by atoms with van der Waals surface area (Å²) in [6, 6.07) is 18.4. The molecule has 4 rings (SSSR count). The number of hydrazone groups is 1. The zero-order chi connectivity index (χ0) is 26.3. The fourth-order valence-electron chi connectivity index (χ4n) is 4.05. The summed E-state index contributed by atoms with van der Waals surface area (Å²) >= 11 is 6.22. The van der Waals surface area contributed by atoms with Crippen LogP contribution in [-0.2, 0) is 0 Å². The van der Waals surface area contributed by atoms with E-state index >= 15 is 0 Å². The lowest BCUT2D eigenvalue weighted by Crippen LogP contribution is -2.62. The Hall–Kier alpha value is -3.24. The maximum absolute atomic E-state index is 13.6. The number of benzene rings is 3. The van der Waals surface area contributed by atoms with Crippen LogP contribution in [0.3, 0.4) is 0 Å². The van der Waals surface area contributed by atoms with Gasteiger partial charge in [-0.25, -0.2) is 0 Å². The monoisotopic (exact) mass is 528 g/mol. The van der Waals surface area contributed by atoms with E-state index in [2.05, 4.69) is 5.10 Å². The van der Waals surface area contributed by atoms with Crippen molar-refractivity contribution in [3.8, 4) is 16.9 Å². The molecule has 36 heavy (non-hydrogen) atoms. The van der Waals surface area contributed by atoms with E-state index in [0.29, 0.717) is 16.9 Å². The van der Waals surface area contributed by atoms with Crippen LogP contribution in [-0.4, -0.2) is 35.9 Å². The first-order valence-corrected chi connectivity index (χ1v) is 11.0. The van der Waals surface area contributed by atoms with Crippen LogP contribution in [0.1, 0.15) is 18.0 Å². The number of anilines is 1. The van der Waals surface area contributed by atoms with Gasteiger partial charge in [-0.1, -0.05) is 54.1 Å². The van der Waals surface area contributed by atoms with E-state index in [0.717, 1.165) is 10.6 Å². The summed E-state index contributed by atoms with van der Waals surface area (Å²) in [6.07, 6.45) is -12.9. The van der Waals surface area contributed by atoms with Gasteiger partial charge >= 0.3 is 12.4 Å². The lowest BCUT2D eigenvalue weighted by molar-refractivity contribution is -0.338. The van der Waals surface area contributed by atoms with E-state index in [1.54, 1.807) is 54.6 Å². The van der Waals surface area contributed by atoms with Crippen LogP contribution in [0, 0.1) is 0 Å². The van der Waals surface area contributed by atoms with Gasteiger partial charge in [0.05, 0.1) is 29.6 Å². The maximum atomic E-state index is 13.6. The summed E-state index contributed by atoms with van der Waals surface area (Å²) in [6.45, 7) is 0. The van der Waals surface area contributed by atoms with Gasteiger partial charge < -0.3 is 9.84 Å². The van der Waals surface area contributed by atoms with Crippen molar-refractivity contribution in [3.63, 3.8) is 0 Å². The average Bonchev–Trinajstić information content (AvgIpc) is 3.28. The Labute approximate surface area is 207 Å². The van der Waals surface area contributed by atoms with Crippen molar-refractivity contribution < 1.29 is 36.2 Å². The Kier molecular flexibility index (Phi) is 6.70. The lowest BCUT2D eigenvalue weighted by Gasteiger charge is -2.32. The Morgan fingerprint density at radius 2 is 1.53 bits per heavy atom. The van der Waals surface area contributed by atoms with Gasteiger partial charge in [0.1, 0.15) is 5.75 Å². The minimum atomic E-state index is -6.05. The van der Waals surface area contributed by atoms with Gasteiger partial charge in [0.25, 0.3) is 5.60 Å². The topological polar surface area (TPSA) is 45.1 Å². The van der Waals surface area contributed by atoms with Crippen LogP contribution >= 0.6 is 11.6 Å². The molecule has 0 aliphatic carbocycles. The van der Waals surface area contributed by atoms with Crippen LogP contribution in [0.15, 0.2) is 77.9 Å².